The van der Waals surface area contributed by atoms with E-state index in [0.717, 1.165) is 36.4 Å². The van der Waals surface area contributed by atoms with Crippen LogP contribution in [0.4, 0.5) is 5.82 Å². The van der Waals surface area contributed by atoms with E-state index < -0.39 is 0 Å². The molecule has 18 heavy (non-hydrogen) atoms. The maximum absolute atomic E-state index is 5.73. The first-order chi connectivity index (χ1) is 8.60. The van der Waals surface area contributed by atoms with Gasteiger partial charge in [0.25, 0.3) is 0 Å². The number of hydrogen-bond acceptors (Lipinski definition) is 3. The fourth-order valence-corrected chi connectivity index (χ4v) is 2.80. The van der Waals surface area contributed by atoms with Crippen LogP contribution >= 0.6 is 0 Å². The quantitative estimate of drug-likeness (QED) is 0.893. The molecule has 0 bridgehead atoms. The van der Waals surface area contributed by atoms with Gasteiger partial charge in [-0.15, -0.1) is 0 Å². The van der Waals surface area contributed by atoms with Crippen molar-refractivity contribution >= 4 is 5.82 Å². The standard InChI is InChI=1S/C15H25N3/c1-11(2)14-4-6-18(7-5-14)15-9-13(10-16)8-12(3)17-15/h8-9,11,14H,4-7,10,16H2,1-3H3. The number of rotatable bonds is 3. The lowest BCUT2D eigenvalue weighted by Gasteiger charge is -2.34. The van der Waals surface area contributed by atoms with E-state index in [4.69, 9.17) is 5.73 Å². The zero-order valence-corrected chi connectivity index (χ0v) is 11.8. The Hall–Kier alpha value is -1.09. The van der Waals surface area contributed by atoms with E-state index in [0.29, 0.717) is 6.54 Å². The summed E-state index contributed by atoms with van der Waals surface area (Å²) in [7, 11) is 0. The highest BCUT2D eigenvalue weighted by Gasteiger charge is 2.22. The Bertz CT molecular complexity index is 393. The largest absolute Gasteiger partial charge is 0.357 e. The molecule has 100 valence electrons. The molecule has 1 aliphatic heterocycles. The Kier molecular flexibility index (Phi) is 4.23. The summed E-state index contributed by atoms with van der Waals surface area (Å²) in [5, 5.41) is 0. The number of piperidine rings is 1. The molecular formula is C15H25N3. The zero-order valence-electron chi connectivity index (χ0n) is 11.8. The smallest absolute Gasteiger partial charge is 0.129 e. The number of aryl methyl sites for hydroxylation is 1. The second-order valence-electron chi connectivity index (χ2n) is 5.75. The molecule has 0 atom stereocenters. The summed E-state index contributed by atoms with van der Waals surface area (Å²) in [6.07, 6.45) is 2.57. The van der Waals surface area contributed by atoms with Crippen LogP contribution in [0.3, 0.4) is 0 Å². The predicted molar refractivity (Wildman–Crippen MR) is 76.6 cm³/mol. The molecule has 2 heterocycles. The summed E-state index contributed by atoms with van der Waals surface area (Å²) in [5.74, 6) is 2.79. The molecule has 1 aromatic rings. The van der Waals surface area contributed by atoms with Crippen LogP contribution in [0.15, 0.2) is 12.1 Å². The van der Waals surface area contributed by atoms with E-state index in [1.165, 1.54) is 18.4 Å². The van der Waals surface area contributed by atoms with Crippen molar-refractivity contribution in [3.63, 3.8) is 0 Å². The minimum Gasteiger partial charge on any atom is -0.357 e. The summed E-state index contributed by atoms with van der Waals surface area (Å²) in [6.45, 7) is 9.56. The molecule has 3 nitrogen and oxygen atoms in total. The molecule has 1 saturated heterocycles. The molecule has 0 aromatic carbocycles. The average molecular weight is 247 g/mol. The molecule has 3 heteroatoms. The van der Waals surface area contributed by atoms with Gasteiger partial charge in [0.2, 0.25) is 0 Å². The van der Waals surface area contributed by atoms with E-state index in [9.17, 15) is 0 Å². The lowest BCUT2D eigenvalue weighted by molar-refractivity contribution is 0.310. The molecule has 0 radical (unpaired) electrons. The molecule has 0 saturated carbocycles. The third kappa shape index (κ3) is 3.02. The highest BCUT2D eigenvalue weighted by atomic mass is 15.2. The zero-order chi connectivity index (χ0) is 13.1. The summed E-state index contributed by atoms with van der Waals surface area (Å²) in [4.78, 5) is 7.05. The highest BCUT2D eigenvalue weighted by molar-refractivity contribution is 5.43. The van der Waals surface area contributed by atoms with Gasteiger partial charge in [-0.3, -0.25) is 0 Å². The molecule has 2 N–H and O–H groups in total. The maximum Gasteiger partial charge on any atom is 0.129 e. The third-order valence-corrected chi connectivity index (χ3v) is 4.04. The molecular weight excluding hydrogens is 222 g/mol. The topological polar surface area (TPSA) is 42.1 Å². The van der Waals surface area contributed by atoms with Crippen LogP contribution in [0.5, 0.6) is 0 Å². The van der Waals surface area contributed by atoms with Gasteiger partial charge in [0, 0.05) is 25.3 Å². The Morgan fingerprint density at radius 3 is 2.56 bits per heavy atom. The molecule has 0 spiro atoms. The van der Waals surface area contributed by atoms with Crippen LogP contribution in [-0.4, -0.2) is 18.1 Å². The van der Waals surface area contributed by atoms with Gasteiger partial charge >= 0.3 is 0 Å². The first kappa shape index (κ1) is 13.3. The fourth-order valence-electron chi connectivity index (χ4n) is 2.80. The van der Waals surface area contributed by atoms with Crippen molar-refractivity contribution in [2.75, 3.05) is 18.0 Å². The molecule has 0 amide bonds. The summed E-state index contributed by atoms with van der Waals surface area (Å²) in [6, 6.07) is 4.22. The van der Waals surface area contributed by atoms with Gasteiger partial charge in [-0.1, -0.05) is 13.8 Å². The van der Waals surface area contributed by atoms with Gasteiger partial charge in [-0.05, 0) is 49.3 Å². The summed E-state index contributed by atoms with van der Waals surface area (Å²) >= 11 is 0. The average Bonchev–Trinajstić information content (AvgIpc) is 2.38. The van der Waals surface area contributed by atoms with Crippen LogP contribution in [0.25, 0.3) is 0 Å². The minimum atomic E-state index is 0.596. The van der Waals surface area contributed by atoms with Crippen LogP contribution in [-0.2, 0) is 6.54 Å². The van der Waals surface area contributed by atoms with E-state index in [1.807, 2.05) is 6.92 Å². The highest BCUT2D eigenvalue weighted by Crippen LogP contribution is 2.27. The molecule has 1 fully saturated rings. The lowest BCUT2D eigenvalue weighted by atomic mass is 9.87. The van der Waals surface area contributed by atoms with Gasteiger partial charge in [-0.25, -0.2) is 4.98 Å². The molecule has 1 aromatic heterocycles. The summed E-state index contributed by atoms with van der Waals surface area (Å²) < 4.78 is 0. The molecule has 1 aliphatic rings. The van der Waals surface area contributed by atoms with Gasteiger partial charge in [0.05, 0.1) is 0 Å². The van der Waals surface area contributed by atoms with Crippen LogP contribution in [0, 0.1) is 18.8 Å². The predicted octanol–water partition coefficient (Wildman–Crippen LogP) is 2.72. The van der Waals surface area contributed by atoms with Crippen LogP contribution in [0.1, 0.15) is 37.9 Å². The van der Waals surface area contributed by atoms with Gasteiger partial charge < -0.3 is 10.6 Å². The number of nitrogens with zero attached hydrogens (tertiary/aromatic N) is 2. The van der Waals surface area contributed by atoms with Crippen LogP contribution in [0.2, 0.25) is 0 Å². The third-order valence-electron chi connectivity index (χ3n) is 4.04. The van der Waals surface area contributed by atoms with Crippen molar-refractivity contribution in [3.8, 4) is 0 Å². The second-order valence-corrected chi connectivity index (χ2v) is 5.75. The van der Waals surface area contributed by atoms with E-state index in [1.54, 1.807) is 0 Å². The monoisotopic (exact) mass is 247 g/mol. The number of nitrogens with two attached hydrogens (primary N) is 1. The number of anilines is 1. The number of pyridine rings is 1. The van der Waals surface area contributed by atoms with Crippen LogP contribution < -0.4 is 10.6 Å². The van der Waals surface area contributed by atoms with E-state index >= 15 is 0 Å². The molecule has 0 aliphatic carbocycles. The minimum absolute atomic E-state index is 0.596. The fraction of sp³-hybridized carbons (Fsp3) is 0.667. The van der Waals surface area contributed by atoms with Crippen molar-refractivity contribution in [3.05, 3.63) is 23.4 Å². The number of aromatic nitrogens is 1. The first-order valence-electron chi connectivity index (χ1n) is 7.02. The van der Waals surface area contributed by atoms with Crippen molar-refractivity contribution in [1.82, 2.24) is 4.98 Å². The van der Waals surface area contributed by atoms with Crippen molar-refractivity contribution in [1.29, 1.82) is 0 Å². The number of hydrogen-bond donors (Lipinski definition) is 1. The van der Waals surface area contributed by atoms with E-state index in [2.05, 4.69) is 35.9 Å². The van der Waals surface area contributed by atoms with Crippen molar-refractivity contribution in [2.45, 2.75) is 40.2 Å². The Labute approximate surface area is 110 Å². The Morgan fingerprint density at radius 2 is 2.00 bits per heavy atom. The van der Waals surface area contributed by atoms with E-state index in [-0.39, 0.29) is 0 Å². The Balaban J connectivity index is 2.07. The normalized spacial score (nSPS) is 17.5. The molecule has 0 unspecified atom stereocenters. The first-order valence-corrected chi connectivity index (χ1v) is 7.02. The Morgan fingerprint density at radius 1 is 1.33 bits per heavy atom. The summed E-state index contributed by atoms with van der Waals surface area (Å²) in [5.41, 5.74) is 7.98. The molecule has 2 rings (SSSR count). The van der Waals surface area contributed by atoms with Gasteiger partial charge in [-0.2, -0.15) is 0 Å². The second kappa shape index (κ2) is 5.70. The van der Waals surface area contributed by atoms with Crippen molar-refractivity contribution in [2.24, 2.45) is 17.6 Å². The van der Waals surface area contributed by atoms with Crippen molar-refractivity contribution < 1.29 is 0 Å². The lowest BCUT2D eigenvalue weighted by Crippen LogP contribution is -2.35. The van der Waals surface area contributed by atoms with Gasteiger partial charge in [0.1, 0.15) is 5.82 Å². The SMILES string of the molecule is Cc1cc(CN)cc(N2CCC(C(C)C)CC2)n1. The van der Waals surface area contributed by atoms with Gasteiger partial charge in [0.15, 0.2) is 0 Å². The maximum atomic E-state index is 5.73.